The predicted octanol–water partition coefficient (Wildman–Crippen LogP) is 4.65. The summed E-state index contributed by atoms with van der Waals surface area (Å²) in [6.07, 6.45) is 1.82. The number of halogens is 1. The molecule has 0 aliphatic heterocycles. The van der Waals surface area contributed by atoms with Gasteiger partial charge in [0.05, 0.1) is 16.6 Å². The van der Waals surface area contributed by atoms with Gasteiger partial charge in [-0.05, 0) is 41.8 Å². The Labute approximate surface area is 127 Å². The summed E-state index contributed by atoms with van der Waals surface area (Å²) < 4.78 is 0. The number of nitrogens with one attached hydrogen (secondary N) is 1. The van der Waals surface area contributed by atoms with Crippen LogP contribution in [-0.2, 0) is 0 Å². The van der Waals surface area contributed by atoms with Crippen molar-refractivity contribution in [2.24, 2.45) is 0 Å². The average molecular weight is 303 g/mol. The Hall–Kier alpha value is -1.42. The summed E-state index contributed by atoms with van der Waals surface area (Å²) in [5, 5.41) is 7.52. The van der Waals surface area contributed by atoms with E-state index in [4.69, 9.17) is 11.6 Å². The Morgan fingerprint density at radius 1 is 1.30 bits per heavy atom. The van der Waals surface area contributed by atoms with E-state index >= 15 is 0 Å². The van der Waals surface area contributed by atoms with Gasteiger partial charge in [-0.3, -0.25) is 4.98 Å². The topological polar surface area (TPSA) is 24.9 Å². The van der Waals surface area contributed by atoms with Crippen LogP contribution in [0.2, 0.25) is 5.02 Å². The van der Waals surface area contributed by atoms with Crippen LogP contribution in [0.4, 0.5) is 0 Å². The molecular formula is C16H15ClN2S. The van der Waals surface area contributed by atoms with Crippen LogP contribution in [0.15, 0.2) is 48.0 Å². The molecule has 102 valence electrons. The second-order valence-electron chi connectivity index (χ2n) is 4.58. The quantitative estimate of drug-likeness (QED) is 0.759. The van der Waals surface area contributed by atoms with Crippen molar-refractivity contribution >= 4 is 33.8 Å². The second kappa shape index (κ2) is 5.92. The van der Waals surface area contributed by atoms with Crippen LogP contribution >= 0.6 is 22.9 Å². The maximum atomic E-state index is 6.30. The number of fused-ring (bicyclic) bond motifs is 1. The van der Waals surface area contributed by atoms with Gasteiger partial charge in [0.15, 0.2) is 0 Å². The number of nitrogens with zero attached hydrogens (tertiary/aromatic N) is 1. The molecule has 2 aromatic heterocycles. The minimum Gasteiger partial charge on any atom is -0.306 e. The van der Waals surface area contributed by atoms with E-state index < -0.39 is 0 Å². The Morgan fingerprint density at radius 2 is 2.20 bits per heavy atom. The molecule has 2 heterocycles. The number of aromatic nitrogens is 1. The molecule has 0 radical (unpaired) electrons. The van der Waals surface area contributed by atoms with E-state index in [0.717, 1.165) is 27.3 Å². The molecular weight excluding hydrogens is 288 g/mol. The third-order valence-corrected chi connectivity index (χ3v) is 4.70. The lowest BCUT2D eigenvalue weighted by molar-refractivity contribution is 0.640. The van der Waals surface area contributed by atoms with Crippen LogP contribution in [0, 0.1) is 0 Å². The summed E-state index contributed by atoms with van der Waals surface area (Å²) in [5.74, 6) is 0. The van der Waals surface area contributed by atoms with Gasteiger partial charge in [-0.1, -0.05) is 30.7 Å². The molecule has 0 aliphatic carbocycles. The zero-order chi connectivity index (χ0) is 13.9. The Balaban J connectivity index is 2.07. The Morgan fingerprint density at radius 3 is 2.95 bits per heavy atom. The SMILES string of the molecule is CCNC(c1ccc2ncccc2c1)c1sccc1Cl. The third-order valence-electron chi connectivity index (χ3n) is 3.28. The zero-order valence-corrected chi connectivity index (χ0v) is 12.7. The molecule has 1 unspecified atom stereocenters. The molecule has 0 amide bonds. The lowest BCUT2D eigenvalue weighted by Gasteiger charge is -2.18. The van der Waals surface area contributed by atoms with Crippen molar-refractivity contribution in [2.45, 2.75) is 13.0 Å². The average Bonchev–Trinajstić information content (AvgIpc) is 2.90. The smallest absolute Gasteiger partial charge is 0.0702 e. The van der Waals surface area contributed by atoms with Crippen molar-refractivity contribution in [3.8, 4) is 0 Å². The van der Waals surface area contributed by atoms with Gasteiger partial charge in [0.2, 0.25) is 0 Å². The number of thiophene rings is 1. The number of hydrogen-bond donors (Lipinski definition) is 1. The monoisotopic (exact) mass is 302 g/mol. The van der Waals surface area contributed by atoms with Crippen LogP contribution in [0.5, 0.6) is 0 Å². The van der Waals surface area contributed by atoms with E-state index in [-0.39, 0.29) is 6.04 Å². The van der Waals surface area contributed by atoms with Gasteiger partial charge in [-0.2, -0.15) is 0 Å². The number of rotatable bonds is 4. The van der Waals surface area contributed by atoms with E-state index in [9.17, 15) is 0 Å². The molecule has 0 fully saturated rings. The first-order valence-electron chi connectivity index (χ1n) is 6.60. The van der Waals surface area contributed by atoms with Crippen LogP contribution in [0.3, 0.4) is 0 Å². The maximum Gasteiger partial charge on any atom is 0.0702 e. The van der Waals surface area contributed by atoms with Crippen molar-refractivity contribution < 1.29 is 0 Å². The molecule has 4 heteroatoms. The van der Waals surface area contributed by atoms with Crippen molar-refractivity contribution in [2.75, 3.05) is 6.54 Å². The normalized spacial score (nSPS) is 12.7. The fourth-order valence-electron chi connectivity index (χ4n) is 2.35. The zero-order valence-electron chi connectivity index (χ0n) is 11.1. The van der Waals surface area contributed by atoms with Gasteiger partial charge in [0.1, 0.15) is 0 Å². The first-order valence-corrected chi connectivity index (χ1v) is 7.86. The van der Waals surface area contributed by atoms with E-state index in [1.54, 1.807) is 11.3 Å². The third kappa shape index (κ3) is 2.57. The highest BCUT2D eigenvalue weighted by atomic mass is 35.5. The molecule has 1 aromatic carbocycles. The van der Waals surface area contributed by atoms with Crippen LogP contribution in [-0.4, -0.2) is 11.5 Å². The van der Waals surface area contributed by atoms with Crippen LogP contribution < -0.4 is 5.32 Å². The fourth-order valence-corrected chi connectivity index (χ4v) is 3.62. The Kier molecular flexibility index (Phi) is 4.01. The van der Waals surface area contributed by atoms with E-state index in [0.29, 0.717) is 0 Å². The van der Waals surface area contributed by atoms with Crippen molar-refractivity contribution in [3.63, 3.8) is 0 Å². The van der Waals surface area contributed by atoms with Crippen LogP contribution in [0.25, 0.3) is 10.9 Å². The lowest BCUT2D eigenvalue weighted by Crippen LogP contribution is -2.21. The van der Waals surface area contributed by atoms with E-state index in [1.165, 1.54) is 5.56 Å². The van der Waals surface area contributed by atoms with Crippen LogP contribution in [0.1, 0.15) is 23.4 Å². The summed E-state index contributed by atoms with van der Waals surface area (Å²) in [4.78, 5) is 5.53. The summed E-state index contributed by atoms with van der Waals surface area (Å²) >= 11 is 7.98. The molecule has 0 saturated heterocycles. The van der Waals surface area contributed by atoms with E-state index in [2.05, 4.69) is 41.5 Å². The number of hydrogen-bond acceptors (Lipinski definition) is 3. The number of benzene rings is 1. The van der Waals surface area contributed by atoms with Crippen molar-refractivity contribution in [3.05, 3.63) is 63.4 Å². The van der Waals surface area contributed by atoms with Gasteiger partial charge in [-0.15, -0.1) is 11.3 Å². The molecule has 1 atom stereocenters. The Bertz CT molecular complexity index is 723. The summed E-state index contributed by atoms with van der Waals surface area (Å²) in [5.41, 5.74) is 2.24. The summed E-state index contributed by atoms with van der Waals surface area (Å²) in [6, 6.07) is 12.5. The summed E-state index contributed by atoms with van der Waals surface area (Å²) in [6.45, 7) is 3.00. The van der Waals surface area contributed by atoms with Gasteiger partial charge in [0, 0.05) is 16.5 Å². The van der Waals surface area contributed by atoms with Crippen molar-refractivity contribution in [1.82, 2.24) is 10.3 Å². The minimum atomic E-state index is 0.136. The standard InChI is InChI=1S/C16H15ClN2S/c1-2-18-15(16-13(17)7-9-20-16)12-5-6-14-11(10-12)4-3-8-19-14/h3-10,15,18H,2H2,1H3. The first-order chi connectivity index (χ1) is 9.79. The lowest BCUT2D eigenvalue weighted by atomic mass is 10.0. The summed E-state index contributed by atoms with van der Waals surface area (Å²) in [7, 11) is 0. The molecule has 2 nitrogen and oxygen atoms in total. The van der Waals surface area contributed by atoms with Gasteiger partial charge < -0.3 is 5.32 Å². The maximum absolute atomic E-state index is 6.30. The van der Waals surface area contributed by atoms with E-state index in [1.807, 2.05) is 23.7 Å². The largest absolute Gasteiger partial charge is 0.306 e. The highest BCUT2D eigenvalue weighted by Gasteiger charge is 2.17. The number of pyridine rings is 1. The molecule has 0 aliphatic rings. The van der Waals surface area contributed by atoms with Crippen molar-refractivity contribution in [1.29, 1.82) is 0 Å². The second-order valence-corrected chi connectivity index (χ2v) is 5.93. The molecule has 1 N–H and O–H groups in total. The molecule has 3 rings (SSSR count). The highest BCUT2D eigenvalue weighted by molar-refractivity contribution is 7.10. The predicted molar refractivity (Wildman–Crippen MR) is 86.6 cm³/mol. The molecule has 3 aromatic rings. The van der Waals surface area contributed by atoms with Gasteiger partial charge >= 0.3 is 0 Å². The first kappa shape index (κ1) is 13.6. The molecule has 0 spiro atoms. The van der Waals surface area contributed by atoms with Gasteiger partial charge in [0.25, 0.3) is 0 Å². The molecule has 0 saturated carbocycles. The van der Waals surface area contributed by atoms with Gasteiger partial charge in [-0.25, -0.2) is 0 Å². The molecule has 0 bridgehead atoms. The fraction of sp³-hybridized carbons (Fsp3) is 0.188. The minimum absolute atomic E-state index is 0.136. The molecule has 20 heavy (non-hydrogen) atoms. The highest BCUT2D eigenvalue weighted by Crippen LogP contribution is 2.33.